The predicted octanol–water partition coefficient (Wildman–Crippen LogP) is 4.43. The van der Waals surface area contributed by atoms with Gasteiger partial charge in [-0.05, 0) is 56.5 Å². The van der Waals surface area contributed by atoms with Crippen LogP contribution < -0.4 is 10.1 Å². The molecule has 0 bridgehead atoms. The third kappa shape index (κ3) is 5.95. The number of aryl methyl sites for hydroxylation is 2. The maximum Gasteiger partial charge on any atom is 0.328 e. The van der Waals surface area contributed by atoms with Crippen molar-refractivity contribution in [3.05, 3.63) is 88.5 Å². The number of nitrogens with one attached hydrogen (secondary N) is 1. The molecule has 0 spiro atoms. The van der Waals surface area contributed by atoms with Gasteiger partial charge in [0.05, 0.1) is 7.11 Å². The Hall–Kier alpha value is -3.94. The molecule has 3 aromatic rings. The molecule has 0 saturated heterocycles. The lowest BCUT2D eigenvalue weighted by Crippen LogP contribution is -2.41. The summed E-state index contributed by atoms with van der Waals surface area (Å²) in [5.74, 6) is -2.46. The quantitative estimate of drug-likeness (QED) is 0.463. The van der Waals surface area contributed by atoms with E-state index in [0.717, 1.165) is 22.3 Å². The molecule has 0 unspecified atom stereocenters. The molecule has 0 aliphatic rings. The van der Waals surface area contributed by atoms with Gasteiger partial charge in [-0.15, -0.1) is 0 Å². The van der Waals surface area contributed by atoms with Crippen molar-refractivity contribution in [3.8, 4) is 11.5 Å². The van der Waals surface area contributed by atoms with Gasteiger partial charge in [-0.3, -0.25) is 4.79 Å². The van der Waals surface area contributed by atoms with Crippen molar-refractivity contribution in [3.63, 3.8) is 0 Å². The van der Waals surface area contributed by atoms with Crippen LogP contribution in [-0.4, -0.2) is 41.2 Å². The molecule has 184 valence electrons. The molecule has 2 N–H and O–H groups in total. The van der Waals surface area contributed by atoms with Crippen molar-refractivity contribution < 1.29 is 28.6 Å². The minimum Gasteiger partial charge on any atom is -0.503 e. The van der Waals surface area contributed by atoms with Crippen LogP contribution in [0.1, 0.15) is 52.5 Å². The summed E-state index contributed by atoms with van der Waals surface area (Å²) in [4.78, 5) is 29.3. The van der Waals surface area contributed by atoms with Crippen molar-refractivity contribution in [2.75, 3.05) is 7.11 Å². The number of carbonyl (C=O) groups is 2. The lowest BCUT2D eigenvalue weighted by molar-refractivity contribution is -0.150. The van der Waals surface area contributed by atoms with Crippen molar-refractivity contribution in [1.29, 1.82) is 0 Å². The van der Waals surface area contributed by atoms with Crippen LogP contribution in [0.3, 0.4) is 0 Å². The maximum atomic E-state index is 13.6. The molecule has 1 heterocycles. The molecule has 0 aliphatic carbocycles. The van der Waals surface area contributed by atoms with E-state index in [1.54, 1.807) is 19.1 Å². The molecular weight excluding hydrogens is 451 g/mol. The van der Waals surface area contributed by atoms with Crippen LogP contribution in [0.4, 0.5) is 4.39 Å². The Labute approximate surface area is 203 Å². The fourth-order valence-electron chi connectivity index (χ4n) is 3.99. The number of halogens is 1. The Morgan fingerprint density at radius 1 is 1.06 bits per heavy atom. The van der Waals surface area contributed by atoms with Crippen LogP contribution in [0.2, 0.25) is 0 Å². The van der Waals surface area contributed by atoms with Crippen molar-refractivity contribution in [2.24, 2.45) is 0 Å². The van der Waals surface area contributed by atoms with Crippen LogP contribution in [-0.2, 0) is 9.53 Å². The number of hydrogen-bond donors (Lipinski definition) is 2. The fourth-order valence-corrected chi connectivity index (χ4v) is 3.99. The van der Waals surface area contributed by atoms with E-state index in [-0.39, 0.29) is 23.2 Å². The van der Waals surface area contributed by atoms with Gasteiger partial charge in [0.15, 0.2) is 17.2 Å². The second-order valence-corrected chi connectivity index (χ2v) is 8.44. The number of esters is 1. The lowest BCUT2D eigenvalue weighted by Gasteiger charge is -2.28. The molecule has 3 rings (SSSR count). The number of nitrogens with zero attached hydrogens (tertiary/aromatic N) is 1. The van der Waals surface area contributed by atoms with E-state index in [9.17, 15) is 19.1 Å². The van der Waals surface area contributed by atoms with Crippen molar-refractivity contribution >= 4 is 11.9 Å². The Morgan fingerprint density at radius 3 is 2.37 bits per heavy atom. The van der Waals surface area contributed by atoms with Gasteiger partial charge in [0.2, 0.25) is 0 Å². The summed E-state index contributed by atoms with van der Waals surface area (Å²) in [6.45, 7) is 7.21. The molecule has 1 amide bonds. The largest absolute Gasteiger partial charge is 0.503 e. The monoisotopic (exact) mass is 480 g/mol. The molecular formula is C27H29FN2O5. The van der Waals surface area contributed by atoms with Gasteiger partial charge in [-0.2, -0.15) is 0 Å². The fraction of sp³-hybridized carbons (Fsp3) is 0.296. The Kier molecular flexibility index (Phi) is 8.06. The highest BCUT2D eigenvalue weighted by molar-refractivity contribution is 5.97. The number of methoxy groups -OCH3 is 1. The highest BCUT2D eigenvalue weighted by atomic mass is 19.1. The van der Waals surface area contributed by atoms with Gasteiger partial charge in [-0.1, -0.05) is 35.9 Å². The van der Waals surface area contributed by atoms with Gasteiger partial charge in [-0.25, -0.2) is 14.2 Å². The Balaban J connectivity index is 1.80. The average Bonchev–Trinajstić information content (AvgIpc) is 2.81. The van der Waals surface area contributed by atoms with E-state index < -0.39 is 29.8 Å². The topological polar surface area (TPSA) is 97.8 Å². The molecule has 0 saturated carbocycles. The summed E-state index contributed by atoms with van der Waals surface area (Å²) in [7, 11) is 1.35. The second kappa shape index (κ2) is 11.0. The van der Waals surface area contributed by atoms with E-state index in [1.807, 2.05) is 32.0 Å². The van der Waals surface area contributed by atoms with Crippen LogP contribution in [0.25, 0.3) is 0 Å². The summed E-state index contributed by atoms with van der Waals surface area (Å²) in [5, 5.41) is 12.7. The minimum atomic E-state index is -1.02. The van der Waals surface area contributed by atoms with Gasteiger partial charge in [0.25, 0.3) is 5.91 Å². The van der Waals surface area contributed by atoms with E-state index in [1.165, 1.54) is 38.4 Å². The summed E-state index contributed by atoms with van der Waals surface area (Å²) >= 11 is 0. The number of benzene rings is 2. The number of ether oxygens (including phenoxy) is 2. The number of aromatic nitrogens is 1. The van der Waals surface area contributed by atoms with E-state index >= 15 is 0 Å². The van der Waals surface area contributed by atoms with Gasteiger partial charge >= 0.3 is 5.97 Å². The van der Waals surface area contributed by atoms with Crippen molar-refractivity contribution in [2.45, 2.75) is 45.8 Å². The van der Waals surface area contributed by atoms with Crippen LogP contribution >= 0.6 is 0 Å². The highest BCUT2D eigenvalue weighted by Crippen LogP contribution is 2.33. The van der Waals surface area contributed by atoms with Gasteiger partial charge < -0.3 is 19.9 Å². The zero-order valence-corrected chi connectivity index (χ0v) is 20.3. The molecule has 3 atom stereocenters. The molecule has 2 aromatic carbocycles. The number of hydrogen-bond acceptors (Lipinski definition) is 6. The standard InChI is InChI=1S/C27H29FN2O5/c1-15-6-11-21(16(2)14-15)23(19-7-9-20(28)10-8-19)18(4)35-27(33)17(3)30-26(32)24-25(31)22(34-5)12-13-29-24/h6-14,17-18,23,31H,1-5H3,(H,30,32)/t17-,18-,23-/m0/s1. The van der Waals surface area contributed by atoms with Gasteiger partial charge in [0, 0.05) is 18.2 Å². The summed E-state index contributed by atoms with van der Waals surface area (Å²) in [6, 6.07) is 12.5. The average molecular weight is 481 g/mol. The SMILES string of the molecule is COc1ccnc(C(=O)N[C@@H](C)C(=O)O[C@@H](C)[C@@H](c2ccc(F)cc2)c2ccc(C)cc2C)c1O. The number of rotatable bonds is 8. The van der Waals surface area contributed by atoms with Crippen LogP contribution in [0, 0.1) is 19.7 Å². The number of carbonyl (C=O) groups excluding carboxylic acids is 2. The predicted molar refractivity (Wildman–Crippen MR) is 129 cm³/mol. The third-order valence-corrected chi connectivity index (χ3v) is 5.78. The molecule has 0 fully saturated rings. The third-order valence-electron chi connectivity index (χ3n) is 5.78. The zero-order chi connectivity index (χ0) is 25.7. The molecule has 8 heteroatoms. The first-order valence-electron chi connectivity index (χ1n) is 11.2. The summed E-state index contributed by atoms with van der Waals surface area (Å²) in [5.41, 5.74) is 3.59. The minimum absolute atomic E-state index is 0.0876. The second-order valence-electron chi connectivity index (χ2n) is 8.44. The number of pyridine rings is 1. The zero-order valence-electron chi connectivity index (χ0n) is 20.3. The van der Waals surface area contributed by atoms with E-state index in [4.69, 9.17) is 9.47 Å². The first kappa shape index (κ1) is 25.7. The van der Waals surface area contributed by atoms with Crippen molar-refractivity contribution in [1.82, 2.24) is 10.3 Å². The van der Waals surface area contributed by atoms with Crippen LogP contribution in [0.15, 0.2) is 54.7 Å². The molecule has 1 aromatic heterocycles. The van der Waals surface area contributed by atoms with Crippen LogP contribution in [0.5, 0.6) is 11.5 Å². The Morgan fingerprint density at radius 2 is 1.74 bits per heavy atom. The molecule has 0 aliphatic heterocycles. The van der Waals surface area contributed by atoms with E-state index in [0.29, 0.717) is 0 Å². The molecule has 0 radical (unpaired) electrons. The molecule has 7 nitrogen and oxygen atoms in total. The smallest absolute Gasteiger partial charge is 0.328 e. The normalized spacial score (nSPS) is 13.4. The maximum absolute atomic E-state index is 13.6. The van der Waals surface area contributed by atoms with E-state index in [2.05, 4.69) is 10.3 Å². The summed E-state index contributed by atoms with van der Waals surface area (Å²) in [6.07, 6.45) is 0.687. The Bertz CT molecular complexity index is 1210. The highest BCUT2D eigenvalue weighted by Gasteiger charge is 2.29. The number of amides is 1. The molecule has 35 heavy (non-hydrogen) atoms. The number of aromatic hydroxyl groups is 1. The van der Waals surface area contributed by atoms with Gasteiger partial charge in [0.1, 0.15) is 18.0 Å². The summed E-state index contributed by atoms with van der Waals surface area (Å²) < 4.78 is 24.3. The first-order valence-corrected chi connectivity index (χ1v) is 11.2. The lowest BCUT2D eigenvalue weighted by atomic mass is 9.84. The first-order chi connectivity index (χ1) is 16.6.